The Bertz CT molecular complexity index is 1520. The van der Waals surface area contributed by atoms with E-state index in [1.807, 2.05) is 30.3 Å². The van der Waals surface area contributed by atoms with Crippen molar-refractivity contribution >= 4 is 24.6 Å². The van der Waals surface area contributed by atoms with Crippen LogP contribution in [0.25, 0.3) is 0 Å². The molecule has 0 radical (unpaired) electrons. The van der Waals surface area contributed by atoms with Crippen LogP contribution in [-0.4, -0.2) is 54.4 Å². The standard InChI is InChI=1S/C35H43BN4O5/c1-22(2)14-30(36-43-29-17-26-16-28(33(26,3)4)34(29,5)44-36)39-32(42)35(18-23-10-7-6-8-11-23)19-27(40-45-35)21-38-31(41)25-13-9-12-24(15-25)20-37/h6-13,15,22,26,28-30H,14,16-19,21H2,1-5H3,(H,38,41)(H,39,42)/t26-,28-,29+,30-,34-,35?/m0/s1. The van der Waals surface area contributed by atoms with Gasteiger partial charge in [-0.1, -0.05) is 69.2 Å². The second-order valence-corrected chi connectivity index (χ2v) is 14.5. The maximum Gasteiger partial charge on any atom is 0.481 e. The van der Waals surface area contributed by atoms with Crippen LogP contribution in [0.1, 0.15) is 81.8 Å². The van der Waals surface area contributed by atoms with Crippen LogP contribution in [0.3, 0.4) is 0 Å². The summed E-state index contributed by atoms with van der Waals surface area (Å²) in [5.41, 5.74) is 0.828. The number of benzene rings is 2. The van der Waals surface area contributed by atoms with Crippen molar-refractivity contribution in [3.63, 3.8) is 0 Å². The van der Waals surface area contributed by atoms with E-state index in [0.717, 1.165) is 18.4 Å². The molecule has 3 saturated carbocycles. The van der Waals surface area contributed by atoms with Gasteiger partial charge < -0.3 is 24.8 Å². The van der Waals surface area contributed by atoms with Crippen molar-refractivity contribution in [2.75, 3.05) is 6.54 Å². The average molecular weight is 611 g/mol. The van der Waals surface area contributed by atoms with Gasteiger partial charge in [0, 0.05) is 18.4 Å². The Kier molecular flexibility index (Phi) is 8.30. The first-order valence-electron chi connectivity index (χ1n) is 16.1. The Hall–Kier alpha value is -3.68. The average Bonchev–Trinajstić information content (AvgIpc) is 3.60. The molecule has 9 nitrogen and oxygen atoms in total. The SMILES string of the molecule is CC(C)C[C@H](NC(=O)C1(Cc2ccccc2)CC(CNC(=O)c2cccc(C#N)c2)=NO1)B1O[C@@H]2C[C@@H]3C[C@@H](C3(C)C)[C@]2(C)O1. The van der Waals surface area contributed by atoms with E-state index >= 15 is 0 Å². The fourth-order valence-corrected chi connectivity index (χ4v) is 7.99. The first-order chi connectivity index (χ1) is 21.4. The van der Waals surface area contributed by atoms with Crippen molar-refractivity contribution in [2.24, 2.45) is 28.3 Å². The summed E-state index contributed by atoms with van der Waals surface area (Å²) in [5, 5.41) is 19.6. The van der Waals surface area contributed by atoms with Crippen molar-refractivity contribution < 1.29 is 23.7 Å². The van der Waals surface area contributed by atoms with Gasteiger partial charge in [0.2, 0.25) is 5.60 Å². The number of nitriles is 1. The van der Waals surface area contributed by atoms with E-state index in [-0.39, 0.29) is 47.8 Å². The number of nitrogens with zero attached hydrogens (tertiary/aromatic N) is 2. The topological polar surface area (TPSA) is 122 Å². The maximum atomic E-state index is 14.3. The zero-order chi connectivity index (χ0) is 32.0. The van der Waals surface area contributed by atoms with Crippen LogP contribution in [0.4, 0.5) is 0 Å². The number of rotatable bonds is 10. The molecule has 236 valence electrons. The second-order valence-electron chi connectivity index (χ2n) is 14.5. The number of hydrogen-bond donors (Lipinski definition) is 2. The van der Waals surface area contributed by atoms with Gasteiger partial charge in [0.15, 0.2) is 0 Å². The highest BCUT2D eigenvalue weighted by atomic mass is 16.7. The van der Waals surface area contributed by atoms with E-state index in [0.29, 0.717) is 47.4 Å². The molecule has 5 aliphatic rings. The molecule has 7 rings (SSSR count). The van der Waals surface area contributed by atoms with Crippen LogP contribution in [0, 0.1) is 34.5 Å². The van der Waals surface area contributed by atoms with Gasteiger partial charge in [-0.2, -0.15) is 5.26 Å². The van der Waals surface area contributed by atoms with Crippen LogP contribution < -0.4 is 10.6 Å². The summed E-state index contributed by atoms with van der Waals surface area (Å²) in [5.74, 6) is 0.370. The summed E-state index contributed by atoms with van der Waals surface area (Å²) in [4.78, 5) is 33.2. The van der Waals surface area contributed by atoms with Crippen molar-refractivity contribution in [1.29, 1.82) is 5.26 Å². The number of amides is 2. The largest absolute Gasteiger partial charge is 0.481 e. The monoisotopic (exact) mass is 610 g/mol. The molecule has 2 bridgehead atoms. The first kappa shape index (κ1) is 31.3. The smallest absolute Gasteiger partial charge is 0.404 e. The lowest BCUT2D eigenvalue weighted by atomic mass is 9.43. The minimum absolute atomic E-state index is 0.0132. The van der Waals surface area contributed by atoms with E-state index < -0.39 is 12.7 Å². The van der Waals surface area contributed by atoms with Crippen molar-refractivity contribution in [3.05, 3.63) is 71.3 Å². The summed E-state index contributed by atoms with van der Waals surface area (Å²) in [6, 6.07) is 18.3. The lowest BCUT2D eigenvalue weighted by Gasteiger charge is -2.64. The Balaban J connectivity index is 1.18. The number of oxime groups is 1. The van der Waals surface area contributed by atoms with Crippen molar-refractivity contribution in [3.8, 4) is 6.07 Å². The Morgan fingerprint density at radius 3 is 2.60 bits per heavy atom. The molecule has 6 atom stereocenters. The molecule has 0 spiro atoms. The van der Waals surface area contributed by atoms with E-state index in [4.69, 9.17) is 14.1 Å². The number of carbonyl (C=O) groups excluding carboxylic acids is 2. The van der Waals surface area contributed by atoms with E-state index in [2.05, 4.69) is 56.5 Å². The summed E-state index contributed by atoms with van der Waals surface area (Å²) < 4.78 is 13.4. The highest BCUT2D eigenvalue weighted by molar-refractivity contribution is 6.48. The molecular formula is C35H43BN4O5. The van der Waals surface area contributed by atoms with Crippen LogP contribution in [0.5, 0.6) is 0 Å². The summed E-state index contributed by atoms with van der Waals surface area (Å²) >= 11 is 0. The zero-order valence-electron chi connectivity index (χ0n) is 26.8. The molecule has 3 aliphatic carbocycles. The molecule has 10 heteroatoms. The maximum absolute atomic E-state index is 14.3. The molecule has 2 aliphatic heterocycles. The van der Waals surface area contributed by atoms with Crippen LogP contribution in [0.15, 0.2) is 59.8 Å². The molecule has 1 saturated heterocycles. The van der Waals surface area contributed by atoms with E-state index in [1.165, 1.54) is 0 Å². The van der Waals surface area contributed by atoms with Gasteiger partial charge in [-0.3, -0.25) is 9.59 Å². The molecule has 2 aromatic carbocycles. The van der Waals surface area contributed by atoms with Gasteiger partial charge in [0.25, 0.3) is 11.8 Å². The molecule has 2 heterocycles. The van der Waals surface area contributed by atoms with E-state index in [1.54, 1.807) is 24.3 Å². The Morgan fingerprint density at radius 1 is 1.11 bits per heavy atom. The van der Waals surface area contributed by atoms with Crippen LogP contribution in [0.2, 0.25) is 0 Å². The molecule has 45 heavy (non-hydrogen) atoms. The van der Waals surface area contributed by atoms with Gasteiger partial charge in [0.1, 0.15) is 0 Å². The normalized spacial score (nSPS) is 29.9. The minimum Gasteiger partial charge on any atom is -0.404 e. The molecule has 2 amide bonds. The Morgan fingerprint density at radius 2 is 1.89 bits per heavy atom. The zero-order valence-corrected chi connectivity index (χ0v) is 26.8. The first-order valence-corrected chi connectivity index (χ1v) is 16.1. The number of carbonyl (C=O) groups is 2. The summed E-state index contributed by atoms with van der Waals surface area (Å²) in [6.07, 6.45) is 3.35. The highest BCUT2D eigenvalue weighted by Gasteiger charge is 2.68. The van der Waals surface area contributed by atoms with Crippen LogP contribution >= 0.6 is 0 Å². The molecular weight excluding hydrogens is 567 g/mol. The molecule has 4 fully saturated rings. The van der Waals surface area contributed by atoms with Gasteiger partial charge in [0.05, 0.1) is 41.5 Å². The summed E-state index contributed by atoms with van der Waals surface area (Å²) in [7, 11) is -0.555. The van der Waals surface area contributed by atoms with Gasteiger partial charge >= 0.3 is 7.12 Å². The van der Waals surface area contributed by atoms with Gasteiger partial charge in [-0.25, -0.2) is 0 Å². The third kappa shape index (κ3) is 5.88. The van der Waals surface area contributed by atoms with Crippen molar-refractivity contribution in [1.82, 2.24) is 10.6 Å². The third-order valence-electron chi connectivity index (χ3n) is 10.6. The predicted molar refractivity (Wildman–Crippen MR) is 171 cm³/mol. The van der Waals surface area contributed by atoms with Gasteiger partial charge in [-0.05, 0) is 73.1 Å². The number of hydrogen-bond acceptors (Lipinski definition) is 7. The fraction of sp³-hybridized carbons (Fsp3) is 0.543. The fourth-order valence-electron chi connectivity index (χ4n) is 7.99. The summed E-state index contributed by atoms with van der Waals surface area (Å²) in [6.45, 7) is 11.2. The highest BCUT2D eigenvalue weighted by Crippen LogP contribution is 2.65. The quantitative estimate of drug-likeness (QED) is 0.371. The molecule has 2 aromatic rings. The number of nitrogens with one attached hydrogen (secondary N) is 2. The van der Waals surface area contributed by atoms with E-state index in [9.17, 15) is 14.9 Å². The minimum atomic E-state index is -1.30. The van der Waals surface area contributed by atoms with Crippen molar-refractivity contribution in [2.45, 2.75) is 90.0 Å². The Labute approximate surface area is 266 Å². The predicted octanol–water partition coefficient (Wildman–Crippen LogP) is 4.84. The second kappa shape index (κ2) is 11.9. The molecule has 1 unspecified atom stereocenters. The third-order valence-corrected chi connectivity index (χ3v) is 10.6. The molecule has 2 N–H and O–H groups in total. The van der Waals surface area contributed by atoms with Gasteiger partial charge in [-0.15, -0.1) is 0 Å². The lowest BCUT2D eigenvalue weighted by Crippen LogP contribution is -2.65. The molecule has 0 aromatic heterocycles. The van der Waals surface area contributed by atoms with Crippen LogP contribution in [-0.2, 0) is 25.4 Å². The lowest BCUT2D eigenvalue weighted by molar-refractivity contribution is -0.199.